The summed E-state index contributed by atoms with van der Waals surface area (Å²) in [4.78, 5) is 25.9. The first-order chi connectivity index (χ1) is 17.4. The van der Waals surface area contributed by atoms with Crippen LogP contribution in [0.1, 0.15) is 23.5 Å². The van der Waals surface area contributed by atoms with E-state index in [0.29, 0.717) is 28.4 Å². The largest absolute Gasteiger partial charge is 0.508 e. The number of carbonyl (C=O) groups is 1. The lowest BCUT2D eigenvalue weighted by molar-refractivity contribution is -0.140. The third-order valence-corrected chi connectivity index (χ3v) is 6.17. The normalized spacial score (nSPS) is 12.9. The predicted molar refractivity (Wildman–Crippen MR) is 129 cm³/mol. The Balaban J connectivity index is 1.72. The van der Waals surface area contributed by atoms with Crippen molar-refractivity contribution < 1.29 is 38.4 Å². The van der Waals surface area contributed by atoms with Crippen molar-refractivity contribution in [1.29, 1.82) is 0 Å². The number of phenols is 2. The van der Waals surface area contributed by atoms with Crippen molar-refractivity contribution in [2.24, 2.45) is 0 Å². The van der Waals surface area contributed by atoms with Gasteiger partial charge in [-0.2, -0.15) is 0 Å². The fourth-order valence-electron chi connectivity index (χ4n) is 4.38. The highest BCUT2D eigenvalue weighted by atomic mass is 16.7. The Morgan fingerprint density at radius 3 is 2.56 bits per heavy atom. The summed E-state index contributed by atoms with van der Waals surface area (Å²) < 4.78 is 27.3. The molecule has 5 rings (SSSR count). The van der Waals surface area contributed by atoms with Gasteiger partial charge in [0.05, 0.1) is 31.6 Å². The highest BCUT2D eigenvalue weighted by Crippen LogP contribution is 2.47. The summed E-state index contributed by atoms with van der Waals surface area (Å²) in [5.74, 6) is -0.135. The molecule has 2 N–H and O–H groups in total. The second-order valence-corrected chi connectivity index (χ2v) is 8.19. The predicted octanol–water partition coefficient (Wildman–Crippen LogP) is 4.30. The second-order valence-electron chi connectivity index (χ2n) is 8.19. The molecule has 1 aliphatic heterocycles. The molecule has 0 aliphatic carbocycles. The van der Waals surface area contributed by atoms with Gasteiger partial charge in [-0.15, -0.1) is 0 Å². The van der Waals surface area contributed by atoms with Crippen LogP contribution in [0.4, 0.5) is 0 Å². The zero-order valence-electron chi connectivity index (χ0n) is 19.4. The zero-order valence-corrected chi connectivity index (χ0v) is 19.4. The SMILES string of the molecule is COC(=O)C[C@@H](c1cc(OC)c2c(c1)OCO2)c1c(O)ccc2c(=O)c(-c3ccc(O)cc3)coc12. The maximum atomic E-state index is 13.4. The van der Waals surface area contributed by atoms with Crippen molar-refractivity contribution in [2.45, 2.75) is 12.3 Å². The highest BCUT2D eigenvalue weighted by Gasteiger charge is 2.30. The summed E-state index contributed by atoms with van der Waals surface area (Å²) in [6.45, 7) is 0.0191. The minimum atomic E-state index is -0.771. The van der Waals surface area contributed by atoms with Gasteiger partial charge < -0.3 is 33.6 Å². The molecule has 0 fully saturated rings. The first kappa shape index (κ1) is 23.1. The minimum Gasteiger partial charge on any atom is -0.508 e. The standard InChI is InChI=1S/C27H22O9/c1-32-21-9-15(10-22-27(21)36-13-35-22)18(11-23(30)33-2)24-20(29)8-7-17-25(31)19(12-34-26(17)24)14-3-5-16(28)6-4-14/h3-10,12,18,28-29H,11,13H2,1-2H3/t18-/m0/s1. The number of esters is 1. The second kappa shape index (κ2) is 9.18. The number of ether oxygens (including phenoxy) is 4. The lowest BCUT2D eigenvalue weighted by Crippen LogP contribution is -2.13. The van der Waals surface area contributed by atoms with Crippen LogP contribution < -0.4 is 19.6 Å². The molecule has 36 heavy (non-hydrogen) atoms. The van der Waals surface area contributed by atoms with Crippen LogP contribution in [0.5, 0.6) is 28.7 Å². The smallest absolute Gasteiger partial charge is 0.306 e. The summed E-state index contributed by atoms with van der Waals surface area (Å²) in [6, 6.07) is 12.4. The van der Waals surface area contributed by atoms with E-state index in [1.807, 2.05) is 0 Å². The maximum Gasteiger partial charge on any atom is 0.306 e. The van der Waals surface area contributed by atoms with Crippen LogP contribution in [0.2, 0.25) is 0 Å². The molecule has 2 heterocycles. The van der Waals surface area contributed by atoms with E-state index in [2.05, 4.69) is 0 Å². The van der Waals surface area contributed by atoms with Gasteiger partial charge in [-0.1, -0.05) is 12.1 Å². The number of phenolic OH excluding ortho intramolecular Hbond substituents is 2. The van der Waals surface area contributed by atoms with E-state index >= 15 is 0 Å². The minimum absolute atomic E-state index is 0.0191. The molecule has 1 aliphatic rings. The van der Waals surface area contributed by atoms with Gasteiger partial charge in [0.25, 0.3) is 0 Å². The molecule has 9 heteroatoms. The number of methoxy groups -OCH3 is 2. The van der Waals surface area contributed by atoms with Crippen molar-refractivity contribution in [3.05, 3.63) is 76.1 Å². The maximum absolute atomic E-state index is 13.4. The molecule has 0 unspecified atom stereocenters. The Morgan fingerprint density at radius 1 is 1.06 bits per heavy atom. The number of benzene rings is 3. The van der Waals surface area contributed by atoms with Crippen LogP contribution in [0.3, 0.4) is 0 Å². The molecule has 0 radical (unpaired) electrons. The van der Waals surface area contributed by atoms with E-state index in [9.17, 15) is 19.8 Å². The van der Waals surface area contributed by atoms with Crippen molar-refractivity contribution in [3.63, 3.8) is 0 Å². The highest BCUT2D eigenvalue weighted by molar-refractivity contribution is 5.87. The van der Waals surface area contributed by atoms with E-state index in [0.717, 1.165) is 0 Å². The molecule has 3 aromatic carbocycles. The van der Waals surface area contributed by atoms with Gasteiger partial charge in [0.1, 0.15) is 23.3 Å². The third kappa shape index (κ3) is 3.94. The van der Waals surface area contributed by atoms with Crippen LogP contribution in [0.15, 0.2) is 64.0 Å². The van der Waals surface area contributed by atoms with Crippen molar-refractivity contribution in [2.75, 3.05) is 21.0 Å². The first-order valence-corrected chi connectivity index (χ1v) is 11.0. The number of hydrogen-bond donors (Lipinski definition) is 2. The molecule has 0 bridgehead atoms. The van der Waals surface area contributed by atoms with Gasteiger partial charge >= 0.3 is 5.97 Å². The zero-order chi connectivity index (χ0) is 25.4. The van der Waals surface area contributed by atoms with Crippen molar-refractivity contribution in [1.82, 2.24) is 0 Å². The summed E-state index contributed by atoms with van der Waals surface area (Å²) in [6.07, 6.45) is 1.14. The molecule has 4 aromatic rings. The quantitative estimate of drug-likeness (QED) is 0.381. The fraction of sp³-hybridized carbons (Fsp3) is 0.185. The Kier molecular flexibility index (Phi) is 5.89. The molecule has 0 amide bonds. The number of hydrogen-bond acceptors (Lipinski definition) is 9. The summed E-state index contributed by atoms with van der Waals surface area (Å²) >= 11 is 0. The summed E-state index contributed by atoms with van der Waals surface area (Å²) in [5, 5.41) is 20.7. The van der Waals surface area contributed by atoms with Crippen LogP contribution in [0.25, 0.3) is 22.1 Å². The van der Waals surface area contributed by atoms with Crippen molar-refractivity contribution in [3.8, 4) is 39.9 Å². The summed E-state index contributed by atoms with van der Waals surface area (Å²) in [7, 11) is 2.75. The van der Waals surface area contributed by atoms with Gasteiger partial charge in [0, 0.05) is 11.5 Å². The average Bonchev–Trinajstić information content (AvgIpc) is 3.36. The Morgan fingerprint density at radius 2 is 1.83 bits per heavy atom. The number of rotatable bonds is 6. The number of aromatic hydroxyl groups is 2. The van der Waals surface area contributed by atoms with Gasteiger partial charge in [0.2, 0.25) is 18.0 Å². The molecule has 9 nitrogen and oxygen atoms in total. The number of fused-ring (bicyclic) bond motifs is 2. The monoisotopic (exact) mass is 490 g/mol. The topological polar surface area (TPSA) is 125 Å². The van der Waals surface area contributed by atoms with E-state index in [4.69, 9.17) is 23.4 Å². The van der Waals surface area contributed by atoms with E-state index in [1.54, 1.807) is 24.3 Å². The molecule has 1 aromatic heterocycles. The lowest BCUT2D eigenvalue weighted by Gasteiger charge is -2.20. The van der Waals surface area contributed by atoms with Gasteiger partial charge in [-0.25, -0.2) is 0 Å². The fourth-order valence-corrected chi connectivity index (χ4v) is 4.38. The molecule has 184 valence electrons. The Bertz CT molecular complexity index is 1520. The molecule has 1 atom stereocenters. The first-order valence-electron chi connectivity index (χ1n) is 11.0. The van der Waals surface area contributed by atoms with Crippen LogP contribution >= 0.6 is 0 Å². The molecule has 0 saturated heterocycles. The van der Waals surface area contributed by atoms with Crippen LogP contribution in [0, 0.1) is 0 Å². The average molecular weight is 490 g/mol. The molecule has 0 saturated carbocycles. The van der Waals surface area contributed by atoms with Gasteiger partial charge in [0.15, 0.2) is 11.5 Å². The van der Waals surface area contributed by atoms with Gasteiger partial charge in [-0.05, 0) is 47.5 Å². The third-order valence-electron chi connectivity index (χ3n) is 6.17. The van der Waals surface area contributed by atoms with E-state index in [1.165, 1.54) is 44.7 Å². The summed E-state index contributed by atoms with van der Waals surface area (Å²) in [5.41, 5.74) is 1.46. The van der Waals surface area contributed by atoms with Crippen LogP contribution in [-0.2, 0) is 9.53 Å². The Hall–Kier alpha value is -4.66. The number of carbonyl (C=O) groups excluding carboxylic acids is 1. The molecule has 0 spiro atoms. The molecular weight excluding hydrogens is 468 g/mol. The van der Waals surface area contributed by atoms with E-state index in [-0.39, 0.29) is 52.2 Å². The van der Waals surface area contributed by atoms with Crippen LogP contribution in [-0.4, -0.2) is 37.2 Å². The van der Waals surface area contributed by atoms with E-state index < -0.39 is 11.9 Å². The Labute approximate surface area is 205 Å². The lowest BCUT2D eigenvalue weighted by atomic mass is 9.86. The van der Waals surface area contributed by atoms with Gasteiger partial charge in [-0.3, -0.25) is 9.59 Å². The van der Waals surface area contributed by atoms with Crippen molar-refractivity contribution >= 4 is 16.9 Å². The molecular formula is C27H22O9.